The molecule has 1 N–H and O–H groups in total. The molecule has 6 nitrogen and oxygen atoms in total. The summed E-state index contributed by atoms with van der Waals surface area (Å²) in [5, 5.41) is 8.85. The molecule has 0 saturated carbocycles. The summed E-state index contributed by atoms with van der Waals surface area (Å²) < 4.78 is 10.2. The highest BCUT2D eigenvalue weighted by Gasteiger charge is 2.09. The molecule has 0 aromatic heterocycles. The van der Waals surface area contributed by atoms with Crippen LogP contribution in [0.25, 0.3) is 0 Å². The van der Waals surface area contributed by atoms with Gasteiger partial charge in [-0.3, -0.25) is 4.79 Å². The minimum Gasteiger partial charge on any atom is -0.468 e. The third-order valence-electron chi connectivity index (χ3n) is 10.9. The fourth-order valence-electron chi connectivity index (χ4n) is 7.16. The summed E-state index contributed by atoms with van der Waals surface area (Å²) in [7, 11) is 1.85. The third kappa shape index (κ3) is 61.8. The maximum absolute atomic E-state index is 10.2. The highest BCUT2D eigenvalue weighted by molar-refractivity contribution is 5.48. The lowest BCUT2D eigenvalue weighted by molar-refractivity contribution is -0.130. The molecule has 2 atom stereocenters. The molecule has 0 aliphatic carbocycles. The summed E-state index contributed by atoms with van der Waals surface area (Å²) in [6, 6.07) is 0. The molecule has 0 rings (SSSR count). The Labute approximate surface area is 359 Å². The summed E-state index contributed by atoms with van der Waals surface area (Å²) in [4.78, 5) is 22.8. The molecule has 6 heteroatoms. The average molecular weight is 814 g/mol. The maximum atomic E-state index is 10.2. The van der Waals surface area contributed by atoms with Gasteiger partial charge in [-0.05, 0) is 89.3 Å². The molecule has 2 unspecified atom stereocenters. The van der Waals surface area contributed by atoms with Crippen molar-refractivity contribution in [3.8, 4) is 0 Å². The summed E-state index contributed by atoms with van der Waals surface area (Å²) in [6.45, 7) is 21.6. The van der Waals surface area contributed by atoms with Gasteiger partial charge in [0.2, 0.25) is 0 Å². The minimum atomic E-state index is 0.309. The van der Waals surface area contributed by atoms with Gasteiger partial charge in [0.1, 0.15) is 6.29 Å². The molecular weight excluding hydrogens is 707 g/mol. The van der Waals surface area contributed by atoms with Crippen LogP contribution >= 0.6 is 0 Å². The quantitative estimate of drug-likeness (QED) is 0.0489. The number of hydrogen-bond donors (Lipinski definition) is 1. The zero-order valence-corrected chi connectivity index (χ0v) is 40.4. The van der Waals surface area contributed by atoms with E-state index in [4.69, 9.17) is 14.6 Å². The predicted molar refractivity (Wildman–Crippen MR) is 253 cm³/mol. The number of carbonyl (C=O) groups excluding carboxylic acids is 2. The van der Waals surface area contributed by atoms with E-state index in [0.717, 1.165) is 57.6 Å². The van der Waals surface area contributed by atoms with Crippen molar-refractivity contribution >= 4 is 12.8 Å². The molecule has 346 valence electrons. The number of nitrogens with zero attached hydrogens (tertiary/aromatic N) is 1. The molecule has 0 amide bonds. The van der Waals surface area contributed by atoms with Crippen molar-refractivity contribution in [1.29, 1.82) is 0 Å². The summed E-state index contributed by atoms with van der Waals surface area (Å²) in [5.74, 6) is 1.40. The van der Waals surface area contributed by atoms with Gasteiger partial charge in [0.25, 0.3) is 6.47 Å². The van der Waals surface area contributed by atoms with Crippen molar-refractivity contribution in [2.75, 3.05) is 46.6 Å². The van der Waals surface area contributed by atoms with Crippen LogP contribution in [0.5, 0.6) is 0 Å². The van der Waals surface area contributed by atoms with Crippen molar-refractivity contribution in [3.05, 3.63) is 0 Å². The van der Waals surface area contributed by atoms with Gasteiger partial charge < -0.3 is 24.3 Å². The Morgan fingerprint density at radius 2 is 0.807 bits per heavy atom. The van der Waals surface area contributed by atoms with Gasteiger partial charge in [-0.2, -0.15) is 0 Å². The Morgan fingerprint density at radius 1 is 0.439 bits per heavy atom. The van der Waals surface area contributed by atoms with Crippen molar-refractivity contribution in [2.45, 2.75) is 260 Å². The largest absolute Gasteiger partial charge is 0.468 e. The fourth-order valence-corrected chi connectivity index (χ4v) is 7.16. The van der Waals surface area contributed by atoms with Crippen molar-refractivity contribution in [2.24, 2.45) is 11.8 Å². The van der Waals surface area contributed by atoms with Crippen LogP contribution in [0.4, 0.5) is 0 Å². The minimum absolute atomic E-state index is 0.309. The number of unbranched alkanes of at least 4 members (excludes halogenated alkanes) is 21. The molecule has 0 spiro atoms. The van der Waals surface area contributed by atoms with E-state index in [9.17, 15) is 9.59 Å². The number of rotatable bonds is 42. The van der Waals surface area contributed by atoms with Crippen LogP contribution in [0.3, 0.4) is 0 Å². The van der Waals surface area contributed by atoms with Crippen LogP contribution in [0.15, 0.2) is 0 Å². The Morgan fingerprint density at radius 3 is 1.21 bits per heavy atom. The van der Waals surface area contributed by atoms with E-state index >= 15 is 0 Å². The van der Waals surface area contributed by atoms with Crippen LogP contribution < -0.4 is 0 Å². The summed E-state index contributed by atoms with van der Waals surface area (Å²) in [5.41, 5.74) is 0. The van der Waals surface area contributed by atoms with Crippen LogP contribution in [0.1, 0.15) is 260 Å². The van der Waals surface area contributed by atoms with E-state index in [1.165, 1.54) is 186 Å². The van der Waals surface area contributed by atoms with E-state index in [1.54, 1.807) is 0 Å². The second kappa shape index (κ2) is 61.7. The predicted octanol–water partition coefficient (Wildman–Crippen LogP) is 15.5. The first-order chi connectivity index (χ1) is 28.0. The lowest BCUT2D eigenvalue weighted by Gasteiger charge is -2.22. The number of hydrogen-bond acceptors (Lipinski definition) is 6. The van der Waals surface area contributed by atoms with Gasteiger partial charge in [-0.15, -0.1) is 0 Å². The Kier molecular flexibility index (Phi) is 67.8. The van der Waals surface area contributed by atoms with Gasteiger partial charge in [0.15, 0.2) is 0 Å². The normalized spacial score (nSPS) is 11.8. The van der Waals surface area contributed by atoms with Gasteiger partial charge >= 0.3 is 0 Å². The first kappa shape index (κ1) is 62.7. The molecular formula is C51H107NO5. The number of aliphatic hydroxyl groups excluding tert-OH is 1. The zero-order chi connectivity index (χ0) is 43.1. The van der Waals surface area contributed by atoms with Crippen molar-refractivity contribution < 1.29 is 24.2 Å². The number of carbonyl (C=O) groups is 2. The molecule has 0 aromatic carbocycles. The molecule has 0 saturated heterocycles. The molecule has 0 bridgehead atoms. The van der Waals surface area contributed by atoms with Gasteiger partial charge in [0, 0.05) is 26.7 Å². The van der Waals surface area contributed by atoms with E-state index in [-0.39, 0.29) is 0 Å². The van der Waals surface area contributed by atoms with Crippen LogP contribution in [0.2, 0.25) is 0 Å². The Bertz CT molecular complexity index is 674. The van der Waals surface area contributed by atoms with Crippen LogP contribution in [-0.4, -0.2) is 69.3 Å². The second-order valence-electron chi connectivity index (χ2n) is 16.7. The van der Waals surface area contributed by atoms with Crippen molar-refractivity contribution in [3.63, 3.8) is 0 Å². The highest BCUT2D eigenvalue weighted by Crippen LogP contribution is 2.19. The number of methoxy groups -OCH3 is 1. The number of aliphatic hydroxyl groups is 1. The van der Waals surface area contributed by atoms with E-state index < -0.39 is 0 Å². The SMILES string of the molecule is CCCCCC.CCCCCCC(CCC)COC=O.CCCCCCCCC(CCCCCC)COC.CCCCCCN(CCCCO)CCCCCC=O. The molecule has 0 aliphatic heterocycles. The van der Waals surface area contributed by atoms with Gasteiger partial charge in [-0.1, -0.05) is 196 Å². The van der Waals surface area contributed by atoms with E-state index in [0.29, 0.717) is 32.0 Å². The average Bonchev–Trinajstić information content (AvgIpc) is 3.22. The van der Waals surface area contributed by atoms with E-state index in [2.05, 4.69) is 53.4 Å². The van der Waals surface area contributed by atoms with Crippen molar-refractivity contribution in [1.82, 2.24) is 4.90 Å². The van der Waals surface area contributed by atoms with Gasteiger partial charge in [-0.25, -0.2) is 0 Å². The fraction of sp³-hybridized carbons (Fsp3) is 0.961. The second-order valence-corrected chi connectivity index (χ2v) is 16.7. The monoisotopic (exact) mass is 814 g/mol. The zero-order valence-electron chi connectivity index (χ0n) is 40.4. The van der Waals surface area contributed by atoms with Crippen LogP contribution in [0, 0.1) is 11.8 Å². The topological polar surface area (TPSA) is 76.1 Å². The summed E-state index contributed by atoms with van der Waals surface area (Å²) >= 11 is 0. The summed E-state index contributed by atoms with van der Waals surface area (Å²) in [6.07, 6.45) is 43.5. The lowest BCUT2D eigenvalue weighted by Crippen LogP contribution is -2.27. The number of aldehydes is 1. The molecule has 0 fully saturated rings. The molecule has 0 aromatic rings. The molecule has 0 radical (unpaired) electrons. The van der Waals surface area contributed by atoms with Crippen LogP contribution in [-0.2, 0) is 19.1 Å². The lowest BCUT2D eigenvalue weighted by atomic mass is 9.95. The standard InChI is InChI=1S/C17H36O.C16H33NO2.C12H24O2.C6H14/c1-4-6-8-10-11-13-15-17(16-18-3)14-12-9-7-5-2;1-2-3-4-7-12-17(14-9-11-16-19)13-8-5-6-10-15-18;1-3-5-6-7-9-12(8-4-2)10-14-11-13;1-3-5-6-4-2/h17H,4-16H2,1-3H3;15,19H,2-14,16H2,1H3;11-12H,3-10H2,1-2H3;3-6H2,1-2H3. The van der Waals surface area contributed by atoms with Gasteiger partial charge in [0.05, 0.1) is 6.61 Å². The Hall–Kier alpha value is -0.980. The number of ether oxygens (including phenoxy) is 2. The van der Waals surface area contributed by atoms with E-state index in [1.807, 2.05) is 7.11 Å². The molecule has 0 aliphatic rings. The smallest absolute Gasteiger partial charge is 0.293 e. The first-order valence-corrected chi connectivity index (χ1v) is 25.3. The Balaban J connectivity index is -0.000000347. The first-order valence-electron chi connectivity index (χ1n) is 25.3. The maximum Gasteiger partial charge on any atom is 0.293 e. The third-order valence-corrected chi connectivity index (χ3v) is 10.9. The molecule has 0 heterocycles. The molecule has 57 heavy (non-hydrogen) atoms. The highest BCUT2D eigenvalue weighted by atomic mass is 16.5.